The number of hydrogen-bond acceptors (Lipinski definition) is 6. The van der Waals surface area contributed by atoms with Gasteiger partial charge in [0.2, 0.25) is 0 Å². The molecule has 7 nitrogen and oxygen atoms in total. The van der Waals surface area contributed by atoms with Crippen molar-refractivity contribution in [2.45, 2.75) is 24.1 Å². The summed E-state index contributed by atoms with van der Waals surface area (Å²) in [7, 11) is 0. The molecular weight excluding hydrogens is 254 g/mol. The van der Waals surface area contributed by atoms with E-state index in [1.54, 1.807) is 24.3 Å². The van der Waals surface area contributed by atoms with Crippen molar-refractivity contribution in [3.8, 4) is 5.75 Å². The van der Waals surface area contributed by atoms with E-state index < -0.39 is 30.0 Å². The molecule has 0 radical (unpaired) electrons. The number of hydrogen-bond donors (Lipinski definition) is 4. The summed E-state index contributed by atoms with van der Waals surface area (Å²) in [6.45, 7) is -0.312. The number of amides is 1. The number of anilines is 1. The van der Waals surface area contributed by atoms with Gasteiger partial charge in [-0.15, -0.1) is 0 Å². The number of fused-ring (bicyclic) bond motifs is 1. The van der Waals surface area contributed by atoms with E-state index in [-0.39, 0.29) is 6.61 Å². The standard InChI is InChI=1S/C12H13NO6/c14-7-5-18-12(10(16)9(7)15)11(17)13-6-3-1-2-4-8(6)19-12/h1-4,7,9-10,14-16H,5H2,(H,13,17)/t7-,9-,10+,12+/m1/s1. The molecule has 19 heavy (non-hydrogen) atoms. The van der Waals surface area contributed by atoms with E-state index in [9.17, 15) is 20.1 Å². The van der Waals surface area contributed by atoms with E-state index in [1.807, 2.05) is 0 Å². The van der Waals surface area contributed by atoms with Crippen LogP contribution in [-0.2, 0) is 9.53 Å². The van der Waals surface area contributed by atoms with Crippen LogP contribution in [0.2, 0.25) is 0 Å². The average molecular weight is 267 g/mol. The van der Waals surface area contributed by atoms with Gasteiger partial charge in [0.25, 0.3) is 5.91 Å². The highest BCUT2D eigenvalue weighted by molar-refractivity contribution is 6.00. The van der Waals surface area contributed by atoms with Crippen LogP contribution in [-0.4, -0.2) is 51.9 Å². The van der Waals surface area contributed by atoms with Gasteiger partial charge in [0.1, 0.15) is 18.0 Å². The predicted octanol–water partition coefficient (Wildman–Crippen LogP) is -1.17. The van der Waals surface area contributed by atoms with Gasteiger partial charge in [-0.3, -0.25) is 4.79 Å². The number of aliphatic hydroxyl groups is 3. The van der Waals surface area contributed by atoms with Gasteiger partial charge in [-0.25, -0.2) is 0 Å². The van der Waals surface area contributed by atoms with Gasteiger partial charge in [0, 0.05) is 0 Å². The first-order chi connectivity index (χ1) is 9.04. The highest BCUT2D eigenvalue weighted by Crippen LogP contribution is 2.38. The summed E-state index contributed by atoms with van der Waals surface area (Å²) < 4.78 is 10.6. The molecule has 4 atom stereocenters. The van der Waals surface area contributed by atoms with Gasteiger partial charge >= 0.3 is 5.79 Å². The quantitative estimate of drug-likeness (QED) is 0.471. The molecule has 7 heteroatoms. The van der Waals surface area contributed by atoms with Crippen molar-refractivity contribution in [1.29, 1.82) is 0 Å². The third-order valence-electron chi connectivity index (χ3n) is 3.29. The zero-order valence-electron chi connectivity index (χ0n) is 9.81. The summed E-state index contributed by atoms with van der Waals surface area (Å²) >= 11 is 0. The first-order valence-electron chi connectivity index (χ1n) is 5.82. The number of ether oxygens (including phenoxy) is 2. The van der Waals surface area contributed by atoms with Crippen LogP contribution in [0.3, 0.4) is 0 Å². The molecule has 1 amide bonds. The lowest BCUT2D eigenvalue weighted by atomic mass is 9.95. The third-order valence-corrected chi connectivity index (χ3v) is 3.29. The minimum absolute atomic E-state index is 0.312. The molecule has 3 rings (SSSR count). The SMILES string of the molecule is O=C1Nc2ccccc2O[C@]12OC[C@@H](O)[C@@H](O)[C@@H]2O. The van der Waals surface area contributed by atoms with Gasteiger partial charge in [0.15, 0.2) is 6.10 Å². The summed E-state index contributed by atoms with van der Waals surface area (Å²) in [5, 5.41) is 31.7. The molecule has 0 unspecified atom stereocenters. The fraction of sp³-hybridized carbons (Fsp3) is 0.417. The number of nitrogens with one attached hydrogen (secondary N) is 1. The van der Waals surface area contributed by atoms with Gasteiger partial charge in [-0.1, -0.05) is 12.1 Å². The molecule has 1 fully saturated rings. The van der Waals surface area contributed by atoms with Crippen molar-refractivity contribution in [1.82, 2.24) is 0 Å². The summed E-state index contributed by atoms with van der Waals surface area (Å²) in [4.78, 5) is 12.1. The van der Waals surface area contributed by atoms with Crippen LogP contribution in [0, 0.1) is 0 Å². The zero-order valence-corrected chi connectivity index (χ0v) is 9.81. The zero-order chi connectivity index (χ0) is 13.6. The Bertz CT molecular complexity index is 521. The van der Waals surface area contributed by atoms with Crippen LogP contribution >= 0.6 is 0 Å². The van der Waals surface area contributed by atoms with E-state index in [4.69, 9.17) is 9.47 Å². The fourth-order valence-electron chi connectivity index (χ4n) is 2.20. The van der Waals surface area contributed by atoms with Crippen LogP contribution in [0.25, 0.3) is 0 Å². The van der Waals surface area contributed by atoms with E-state index in [0.29, 0.717) is 11.4 Å². The van der Waals surface area contributed by atoms with E-state index in [2.05, 4.69) is 5.32 Å². The molecule has 4 N–H and O–H groups in total. The normalized spacial score (nSPS) is 37.4. The number of aliphatic hydroxyl groups excluding tert-OH is 3. The highest BCUT2D eigenvalue weighted by atomic mass is 16.7. The molecule has 0 saturated carbocycles. The summed E-state index contributed by atoms with van der Waals surface area (Å²) in [5.41, 5.74) is 0.453. The maximum atomic E-state index is 12.1. The number of benzene rings is 1. The number of para-hydroxylation sites is 2. The van der Waals surface area contributed by atoms with Crippen molar-refractivity contribution >= 4 is 11.6 Å². The van der Waals surface area contributed by atoms with Crippen molar-refractivity contribution in [3.63, 3.8) is 0 Å². The summed E-state index contributed by atoms with van der Waals surface area (Å²) in [6.07, 6.45) is -4.48. The average Bonchev–Trinajstić information content (AvgIpc) is 2.41. The van der Waals surface area contributed by atoms with Crippen LogP contribution in [0.4, 0.5) is 5.69 Å². The Morgan fingerprint density at radius 1 is 1.26 bits per heavy atom. The van der Waals surface area contributed by atoms with Gasteiger partial charge in [-0.2, -0.15) is 0 Å². The molecule has 0 aliphatic carbocycles. The van der Waals surface area contributed by atoms with E-state index in [0.717, 1.165) is 0 Å². The second-order valence-electron chi connectivity index (χ2n) is 4.53. The molecule has 2 aliphatic rings. The third kappa shape index (κ3) is 1.71. The number of rotatable bonds is 0. The maximum absolute atomic E-state index is 12.1. The minimum atomic E-state index is -2.03. The Balaban J connectivity index is 1.99. The largest absolute Gasteiger partial charge is 0.449 e. The smallest absolute Gasteiger partial charge is 0.320 e. The molecule has 1 aromatic rings. The lowest BCUT2D eigenvalue weighted by Gasteiger charge is -2.45. The van der Waals surface area contributed by atoms with Crippen molar-refractivity contribution in [3.05, 3.63) is 24.3 Å². The first-order valence-corrected chi connectivity index (χ1v) is 5.82. The van der Waals surface area contributed by atoms with Crippen LogP contribution < -0.4 is 10.1 Å². The van der Waals surface area contributed by atoms with Crippen molar-refractivity contribution < 1.29 is 29.6 Å². The Hall–Kier alpha value is -1.67. The molecule has 2 heterocycles. The summed E-state index contributed by atoms with van der Waals surface area (Å²) in [5.74, 6) is -2.43. The molecular formula is C12H13NO6. The molecule has 0 aromatic heterocycles. The van der Waals surface area contributed by atoms with Crippen molar-refractivity contribution in [2.75, 3.05) is 11.9 Å². The van der Waals surface area contributed by atoms with Crippen LogP contribution in [0.15, 0.2) is 24.3 Å². The van der Waals surface area contributed by atoms with Crippen LogP contribution in [0.5, 0.6) is 5.75 Å². The van der Waals surface area contributed by atoms with Gasteiger partial charge in [-0.05, 0) is 12.1 Å². The molecule has 0 bridgehead atoms. The maximum Gasteiger partial charge on any atom is 0.320 e. The van der Waals surface area contributed by atoms with E-state index >= 15 is 0 Å². The molecule has 1 spiro atoms. The lowest BCUT2D eigenvalue weighted by molar-refractivity contribution is -0.291. The molecule has 2 aliphatic heterocycles. The molecule has 102 valence electrons. The van der Waals surface area contributed by atoms with Gasteiger partial charge < -0.3 is 30.1 Å². The highest BCUT2D eigenvalue weighted by Gasteiger charge is 2.59. The molecule has 1 saturated heterocycles. The Morgan fingerprint density at radius 2 is 2.00 bits per heavy atom. The Kier molecular flexibility index (Phi) is 2.72. The lowest BCUT2D eigenvalue weighted by Crippen LogP contribution is -2.69. The first kappa shape index (κ1) is 12.4. The second-order valence-corrected chi connectivity index (χ2v) is 4.53. The topological polar surface area (TPSA) is 108 Å². The molecule has 1 aromatic carbocycles. The monoisotopic (exact) mass is 267 g/mol. The predicted molar refractivity (Wildman–Crippen MR) is 62.4 cm³/mol. The van der Waals surface area contributed by atoms with Crippen molar-refractivity contribution in [2.24, 2.45) is 0 Å². The number of carbonyl (C=O) groups excluding carboxylic acids is 1. The fourth-order valence-corrected chi connectivity index (χ4v) is 2.20. The van der Waals surface area contributed by atoms with Gasteiger partial charge in [0.05, 0.1) is 12.3 Å². The van der Waals surface area contributed by atoms with E-state index in [1.165, 1.54) is 0 Å². The second kappa shape index (κ2) is 4.17. The van der Waals surface area contributed by atoms with Crippen LogP contribution in [0.1, 0.15) is 0 Å². The summed E-state index contributed by atoms with van der Waals surface area (Å²) in [6, 6.07) is 6.66. The Labute approximate surface area is 108 Å². The number of carbonyl (C=O) groups is 1. The Morgan fingerprint density at radius 3 is 2.79 bits per heavy atom. The minimum Gasteiger partial charge on any atom is -0.449 e.